The van der Waals surface area contributed by atoms with E-state index >= 15 is 0 Å². The van der Waals surface area contributed by atoms with E-state index in [2.05, 4.69) is 37.4 Å². The highest BCUT2D eigenvalue weighted by molar-refractivity contribution is 5.57. The van der Waals surface area contributed by atoms with Gasteiger partial charge in [0.15, 0.2) is 0 Å². The van der Waals surface area contributed by atoms with Crippen LogP contribution in [0.4, 0.5) is 5.69 Å². The number of hydrogen-bond donors (Lipinski definition) is 1. The molecule has 1 heteroatoms. The molecule has 1 fully saturated rings. The number of hydrogen-bond acceptors (Lipinski definition) is 1. The van der Waals surface area contributed by atoms with Crippen LogP contribution in [0.1, 0.15) is 44.2 Å². The molecule has 1 aliphatic rings. The van der Waals surface area contributed by atoms with Crippen LogP contribution in [0.2, 0.25) is 0 Å². The minimum absolute atomic E-state index is 0.926. The molecular weight excluding hydrogens is 194 g/mol. The summed E-state index contributed by atoms with van der Waals surface area (Å²) in [6.45, 7) is 5.65. The standard InChI is InChI=1S/C15H23N/c1-3-13-9-6-10-14(4-2)15(13)16-11-12-7-5-8-12/h6,9-10,12,16H,3-5,7-8,11H2,1-2H3. The maximum Gasteiger partial charge on any atom is 0.0405 e. The Bertz CT molecular complexity index is 317. The van der Waals surface area contributed by atoms with E-state index < -0.39 is 0 Å². The highest BCUT2D eigenvalue weighted by Crippen LogP contribution is 2.28. The molecule has 1 aliphatic carbocycles. The largest absolute Gasteiger partial charge is 0.384 e. The van der Waals surface area contributed by atoms with Crippen LogP contribution in [0.3, 0.4) is 0 Å². The predicted molar refractivity (Wildman–Crippen MR) is 71.0 cm³/mol. The first kappa shape index (κ1) is 11.5. The number of para-hydroxylation sites is 1. The third-order valence-electron chi connectivity index (χ3n) is 3.79. The van der Waals surface area contributed by atoms with E-state index in [0.29, 0.717) is 0 Å². The van der Waals surface area contributed by atoms with Gasteiger partial charge in [-0.1, -0.05) is 38.5 Å². The average Bonchev–Trinajstić information content (AvgIpc) is 2.27. The second kappa shape index (κ2) is 5.38. The van der Waals surface area contributed by atoms with Crippen LogP contribution in [0.15, 0.2) is 18.2 Å². The third kappa shape index (κ3) is 2.40. The lowest BCUT2D eigenvalue weighted by molar-refractivity contribution is 0.333. The van der Waals surface area contributed by atoms with E-state index in [4.69, 9.17) is 0 Å². The lowest BCUT2D eigenvalue weighted by Gasteiger charge is -2.27. The summed E-state index contributed by atoms with van der Waals surface area (Å²) in [6.07, 6.45) is 6.52. The number of benzene rings is 1. The van der Waals surface area contributed by atoms with Gasteiger partial charge in [0.05, 0.1) is 0 Å². The summed E-state index contributed by atoms with van der Waals surface area (Å²) < 4.78 is 0. The molecule has 0 bridgehead atoms. The third-order valence-corrected chi connectivity index (χ3v) is 3.79. The summed E-state index contributed by atoms with van der Waals surface area (Å²) in [4.78, 5) is 0. The molecule has 1 N–H and O–H groups in total. The molecule has 0 aromatic heterocycles. The molecule has 0 saturated heterocycles. The van der Waals surface area contributed by atoms with Gasteiger partial charge >= 0.3 is 0 Å². The van der Waals surface area contributed by atoms with Gasteiger partial charge in [-0.05, 0) is 42.7 Å². The molecule has 1 aromatic carbocycles. The van der Waals surface area contributed by atoms with Crippen LogP contribution < -0.4 is 5.32 Å². The Kier molecular flexibility index (Phi) is 3.87. The first-order chi connectivity index (χ1) is 7.85. The van der Waals surface area contributed by atoms with Crippen molar-refractivity contribution in [3.8, 4) is 0 Å². The van der Waals surface area contributed by atoms with Gasteiger partial charge in [0, 0.05) is 12.2 Å². The molecule has 16 heavy (non-hydrogen) atoms. The van der Waals surface area contributed by atoms with Crippen LogP contribution in [0.5, 0.6) is 0 Å². The van der Waals surface area contributed by atoms with Crippen molar-refractivity contribution in [2.24, 2.45) is 5.92 Å². The smallest absolute Gasteiger partial charge is 0.0405 e. The average molecular weight is 217 g/mol. The minimum Gasteiger partial charge on any atom is -0.384 e. The van der Waals surface area contributed by atoms with E-state index in [9.17, 15) is 0 Å². The second-order valence-corrected chi connectivity index (χ2v) is 4.84. The Hall–Kier alpha value is -0.980. The minimum atomic E-state index is 0.926. The molecule has 88 valence electrons. The quantitative estimate of drug-likeness (QED) is 0.785. The van der Waals surface area contributed by atoms with Crippen molar-refractivity contribution in [3.63, 3.8) is 0 Å². The SMILES string of the molecule is CCc1cccc(CC)c1NCC1CCC1. The summed E-state index contributed by atoms with van der Waals surface area (Å²) >= 11 is 0. The molecule has 1 aromatic rings. The van der Waals surface area contributed by atoms with Gasteiger partial charge < -0.3 is 5.32 Å². The summed E-state index contributed by atoms with van der Waals surface area (Å²) in [6, 6.07) is 6.69. The van der Waals surface area contributed by atoms with Crippen LogP contribution in [0, 0.1) is 5.92 Å². The van der Waals surface area contributed by atoms with Gasteiger partial charge in [-0.3, -0.25) is 0 Å². The lowest BCUT2D eigenvalue weighted by atomic mass is 9.85. The Labute approximate surface area is 99.3 Å². The van der Waals surface area contributed by atoms with E-state index in [0.717, 1.165) is 18.8 Å². The van der Waals surface area contributed by atoms with E-state index in [1.807, 2.05) is 0 Å². The van der Waals surface area contributed by atoms with Gasteiger partial charge in [0.2, 0.25) is 0 Å². The van der Waals surface area contributed by atoms with Crippen LogP contribution in [0.25, 0.3) is 0 Å². The van der Waals surface area contributed by atoms with Gasteiger partial charge in [0.1, 0.15) is 0 Å². The summed E-state index contributed by atoms with van der Waals surface area (Å²) in [5.41, 5.74) is 4.36. The van der Waals surface area contributed by atoms with Crippen molar-refractivity contribution in [2.45, 2.75) is 46.0 Å². The van der Waals surface area contributed by atoms with Crippen LogP contribution >= 0.6 is 0 Å². The number of rotatable bonds is 5. The summed E-state index contributed by atoms with van der Waals surface area (Å²) in [5.74, 6) is 0.926. The zero-order valence-corrected chi connectivity index (χ0v) is 10.6. The van der Waals surface area contributed by atoms with Gasteiger partial charge in [-0.2, -0.15) is 0 Å². The highest BCUT2D eigenvalue weighted by Gasteiger charge is 2.17. The molecule has 2 rings (SSSR count). The topological polar surface area (TPSA) is 12.0 Å². The molecule has 1 nitrogen and oxygen atoms in total. The van der Waals surface area contributed by atoms with Crippen molar-refractivity contribution in [2.75, 3.05) is 11.9 Å². The molecule has 0 spiro atoms. The summed E-state index contributed by atoms with van der Waals surface area (Å²) in [7, 11) is 0. The molecule has 1 saturated carbocycles. The first-order valence-corrected chi connectivity index (χ1v) is 6.69. The van der Waals surface area contributed by atoms with Crippen LogP contribution in [-0.4, -0.2) is 6.54 Å². The van der Waals surface area contributed by atoms with Crippen molar-refractivity contribution in [1.82, 2.24) is 0 Å². The maximum atomic E-state index is 3.69. The number of nitrogens with one attached hydrogen (secondary N) is 1. The van der Waals surface area contributed by atoms with E-state index in [1.165, 1.54) is 42.6 Å². The van der Waals surface area contributed by atoms with Crippen molar-refractivity contribution in [3.05, 3.63) is 29.3 Å². The highest BCUT2D eigenvalue weighted by atomic mass is 14.9. The second-order valence-electron chi connectivity index (χ2n) is 4.84. The molecular formula is C15H23N. The van der Waals surface area contributed by atoms with Crippen molar-refractivity contribution in [1.29, 1.82) is 0 Å². The predicted octanol–water partition coefficient (Wildman–Crippen LogP) is 4.02. The number of aryl methyl sites for hydroxylation is 2. The van der Waals surface area contributed by atoms with E-state index in [1.54, 1.807) is 0 Å². The Morgan fingerprint density at radius 3 is 2.19 bits per heavy atom. The monoisotopic (exact) mass is 217 g/mol. The van der Waals surface area contributed by atoms with Gasteiger partial charge in [-0.25, -0.2) is 0 Å². The lowest BCUT2D eigenvalue weighted by Crippen LogP contribution is -2.21. The van der Waals surface area contributed by atoms with Crippen LogP contribution in [-0.2, 0) is 12.8 Å². The fraction of sp³-hybridized carbons (Fsp3) is 0.600. The molecule has 0 amide bonds. The first-order valence-electron chi connectivity index (χ1n) is 6.69. The summed E-state index contributed by atoms with van der Waals surface area (Å²) in [5, 5.41) is 3.69. The zero-order chi connectivity index (χ0) is 11.4. The van der Waals surface area contributed by atoms with Crippen molar-refractivity contribution >= 4 is 5.69 Å². The van der Waals surface area contributed by atoms with E-state index in [-0.39, 0.29) is 0 Å². The molecule has 0 atom stereocenters. The molecule has 0 heterocycles. The fourth-order valence-electron chi connectivity index (χ4n) is 2.41. The number of anilines is 1. The maximum absolute atomic E-state index is 3.69. The molecule has 0 radical (unpaired) electrons. The van der Waals surface area contributed by atoms with Gasteiger partial charge in [0.25, 0.3) is 0 Å². The van der Waals surface area contributed by atoms with Gasteiger partial charge in [-0.15, -0.1) is 0 Å². The Morgan fingerprint density at radius 1 is 1.12 bits per heavy atom. The normalized spacial score (nSPS) is 15.9. The fourth-order valence-corrected chi connectivity index (χ4v) is 2.41. The molecule has 0 aliphatic heterocycles. The molecule has 0 unspecified atom stereocenters. The Balaban J connectivity index is 2.08. The Morgan fingerprint density at radius 2 is 1.75 bits per heavy atom. The zero-order valence-electron chi connectivity index (χ0n) is 10.6. The van der Waals surface area contributed by atoms with Crippen molar-refractivity contribution < 1.29 is 0 Å².